The monoisotopic (exact) mass is 181 g/mol. The van der Waals surface area contributed by atoms with Crippen molar-refractivity contribution in [3.05, 3.63) is 24.3 Å². The topological polar surface area (TPSA) is 58.0 Å². The fraction of sp³-hybridized carbons (Fsp3) is 0.556. The van der Waals surface area contributed by atoms with Gasteiger partial charge in [-0.15, -0.1) is 0 Å². The molecule has 1 atom stereocenters. The van der Waals surface area contributed by atoms with E-state index in [0.717, 1.165) is 12.2 Å². The molecule has 0 radical (unpaired) electrons. The molecule has 0 saturated heterocycles. The highest BCUT2D eigenvalue weighted by Gasteiger charge is 1.99. The molecule has 0 spiro atoms. The second-order valence-corrected chi connectivity index (χ2v) is 2.86. The van der Waals surface area contributed by atoms with Gasteiger partial charge >= 0.3 is 0 Å². The van der Waals surface area contributed by atoms with Gasteiger partial charge in [-0.3, -0.25) is 0 Å². The van der Waals surface area contributed by atoms with Crippen LogP contribution in [0.5, 0.6) is 0 Å². The highest BCUT2D eigenvalue weighted by atomic mass is 16.3. The third-order valence-corrected chi connectivity index (χ3v) is 1.75. The SMILES string of the molecule is CCC(O)CNCc1ncccn1. The number of aliphatic hydroxyl groups excluding tert-OH is 1. The maximum Gasteiger partial charge on any atom is 0.141 e. The quantitative estimate of drug-likeness (QED) is 0.687. The van der Waals surface area contributed by atoms with Crippen molar-refractivity contribution in [3.63, 3.8) is 0 Å². The van der Waals surface area contributed by atoms with E-state index in [0.29, 0.717) is 13.1 Å². The van der Waals surface area contributed by atoms with Crippen LogP contribution in [0.25, 0.3) is 0 Å². The molecule has 4 nitrogen and oxygen atoms in total. The minimum absolute atomic E-state index is 0.274. The number of hydrogen-bond acceptors (Lipinski definition) is 4. The smallest absolute Gasteiger partial charge is 0.141 e. The summed E-state index contributed by atoms with van der Waals surface area (Å²) in [6, 6.07) is 1.78. The van der Waals surface area contributed by atoms with E-state index < -0.39 is 0 Å². The van der Waals surface area contributed by atoms with Gasteiger partial charge in [0.05, 0.1) is 12.6 Å². The van der Waals surface area contributed by atoms with Crippen LogP contribution in [0.1, 0.15) is 19.2 Å². The maximum absolute atomic E-state index is 9.23. The Balaban J connectivity index is 2.20. The summed E-state index contributed by atoms with van der Waals surface area (Å²) in [6.07, 6.45) is 3.91. The van der Waals surface area contributed by atoms with Crippen LogP contribution >= 0.6 is 0 Å². The summed E-state index contributed by atoms with van der Waals surface area (Å²) in [4.78, 5) is 8.09. The van der Waals surface area contributed by atoms with Crippen molar-refractivity contribution >= 4 is 0 Å². The molecule has 4 heteroatoms. The molecule has 1 heterocycles. The Morgan fingerprint density at radius 2 is 2.15 bits per heavy atom. The van der Waals surface area contributed by atoms with Crippen molar-refractivity contribution in [1.29, 1.82) is 0 Å². The molecule has 2 N–H and O–H groups in total. The van der Waals surface area contributed by atoms with E-state index in [1.165, 1.54) is 0 Å². The minimum atomic E-state index is -0.274. The van der Waals surface area contributed by atoms with Crippen molar-refractivity contribution in [3.8, 4) is 0 Å². The average molecular weight is 181 g/mol. The number of rotatable bonds is 5. The molecule has 0 bridgehead atoms. The van der Waals surface area contributed by atoms with E-state index in [1.807, 2.05) is 6.92 Å². The highest BCUT2D eigenvalue weighted by molar-refractivity contribution is 4.87. The van der Waals surface area contributed by atoms with Gasteiger partial charge in [0, 0.05) is 18.9 Å². The predicted octanol–water partition coefficient (Wildman–Crippen LogP) is 0.337. The zero-order valence-corrected chi connectivity index (χ0v) is 7.77. The first kappa shape index (κ1) is 10.1. The standard InChI is InChI=1S/C9H15N3O/c1-2-8(13)6-10-7-9-11-4-3-5-12-9/h3-5,8,10,13H,2,6-7H2,1H3. The van der Waals surface area contributed by atoms with Gasteiger partial charge in [0.15, 0.2) is 0 Å². The van der Waals surface area contributed by atoms with Gasteiger partial charge in [-0.2, -0.15) is 0 Å². The van der Waals surface area contributed by atoms with E-state index in [-0.39, 0.29) is 6.10 Å². The molecule has 0 saturated carbocycles. The van der Waals surface area contributed by atoms with Crippen LogP contribution in [0.3, 0.4) is 0 Å². The molecular formula is C9H15N3O. The van der Waals surface area contributed by atoms with Gasteiger partial charge in [0.1, 0.15) is 5.82 Å². The molecule has 0 aliphatic rings. The number of nitrogens with zero attached hydrogens (tertiary/aromatic N) is 2. The molecule has 1 unspecified atom stereocenters. The normalized spacial score (nSPS) is 12.8. The first-order chi connectivity index (χ1) is 6.33. The molecule has 72 valence electrons. The van der Waals surface area contributed by atoms with Gasteiger partial charge in [0.25, 0.3) is 0 Å². The largest absolute Gasteiger partial charge is 0.392 e. The summed E-state index contributed by atoms with van der Waals surface area (Å²) in [7, 11) is 0. The molecular weight excluding hydrogens is 166 g/mol. The third kappa shape index (κ3) is 3.96. The van der Waals surface area contributed by atoms with Crippen molar-refractivity contribution in [2.24, 2.45) is 0 Å². The van der Waals surface area contributed by atoms with Gasteiger partial charge in [0.2, 0.25) is 0 Å². The third-order valence-electron chi connectivity index (χ3n) is 1.75. The Labute approximate surface area is 78.0 Å². The Kier molecular flexibility index (Phi) is 4.35. The van der Waals surface area contributed by atoms with Gasteiger partial charge < -0.3 is 10.4 Å². The Hall–Kier alpha value is -1.00. The van der Waals surface area contributed by atoms with E-state index in [2.05, 4.69) is 15.3 Å². The van der Waals surface area contributed by atoms with Crippen molar-refractivity contribution < 1.29 is 5.11 Å². The van der Waals surface area contributed by atoms with Crippen LogP contribution in [-0.4, -0.2) is 27.7 Å². The van der Waals surface area contributed by atoms with E-state index in [4.69, 9.17) is 0 Å². The minimum Gasteiger partial charge on any atom is -0.392 e. The molecule has 0 amide bonds. The maximum atomic E-state index is 9.23. The lowest BCUT2D eigenvalue weighted by atomic mass is 10.3. The zero-order chi connectivity index (χ0) is 9.52. The molecule has 0 aromatic carbocycles. The molecule has 13 heavy (non-hydrogen) atoms. The fourth-order valence-corrected chi connectivity index (χ4v) is 0.916. The first-order valence-electron chi connectivity index (χ1n) is 4.47. The molecule has 0 aliphatic carbocycles. The summed E-state index contributed by atoms with van der Waals surface area (Å²) < 4.78 is 0. The number of aliphatic hydroxyl groups is 1. The van der Waals surface area contributed by atoms with E-state index in [9.17, 15) is 5.11 Å². The lowest BCUT2D eigenvalue weighted by molar-refractivity contribution is 0.167. The molecule has 0 fully saturated rings. The molecule has 1 aromatic rings. The first-order valence-corrected chi connectivity index (χ1v) is 4.47. The Morgan fingerprint density at radius 1 is 1.46 bits per heavy atom. The van der Waals surface area contributed by atoms with Gasteiger partial charge in [-0.1, -0.05) is 6.92 Å². The summed E-state index contributed by atoms with van der Waals surface area (Å²) in [5.74, 6) is 0.755. The summed E-state index contributed by atoms with van der Waals surface area (Å²) in [5, 5.41) is 12.3. The molecule has 0 aliphatic heterocycles. The Morgan fingerprint density at radius 3 is 2.77 bits per heavy atom. The number of nitrogens with one attached hydrogen (secondary N) is 1. The Bertz CT molecular complexity index is 228. The fourth-order valence-electron chi connectivity index (χ4n) is 0.916. The lowest BCUT2D eigenvalue weighted by Gasteiger charge is -2.07. The average Bonchev–Trinajstić information content (AvgIpc) is 2.19. The van der Waals surface area contributed by atoms with Crippen molar-refractivity contribution in [1.82, 2.24) is 15.3 Å². The number of hydrogen-bond donors (Lipinski definition) is 2. The van der Waals surface area contributed by atoms with Gasteiger partial charge in [-0.05, 0) is 12.5 Å². The summed E-state index contributed by atoms with van der Waals surface area (Å²) in [6.45, 7) is 3.15. The zero-order valence-electron chi connectivity index (χ0n) is 7.77. The second kappa shape index (κ2) is 5.61. The van der Waals surface area contributed by atoms with Gasteiger partial charge in [-0.25, -0.2) is 9.97 Å². The molecule has 1 rings (SSSR count). The van der Waals surface area contributed by atoms with Crippen LogP contribution in [0.4, 0.5) is 0 Å². The van der Waals surface area contributed by atoms with E-state index >= 15 is 0 Å². The highest BCUT2D eigenvalue weighted by Crippen LogP contribution is 1.89. The second-order valence-electron chi connectivity index (χ2n) is 2.86. The van der Waals surface area contributed by atoms with Crippen LogP contribution in [0, 0.1) is 0 Å². The van der Waals surface area contributed by atoms with Crippen LogP contribution in [-0.2, 0) is 6.54 Å². The van der Waals surface area contributed by atoms with Crippen LogP contribution in [0.2, 0.25) is 0 Å². The summed E-state index contributed by atoms with van der Waals surface area (Å²) >= 11 is 0. The van der Waals surface area contributed by atoms with Crippen molar-refractivity contribution in [2.75, 3.05) is 6.54 Å². The molecule has 1 aromatic heterocycles. The lowest BCUT2D eigenvalue weighted by Crippen LogP contribution is -2.26. The number of aromatic nitrogens is 2. The summed E-state index contributed by atoms with van der Waals surface area (Å²) in [5.41, 5.74) is 0. The predicted molar refractivity (Wildman–Crippen MR) is 50.0 cm³/mol. The van der Waals surface area contributed by atoms with Crippen LogP contribution in [0.15, 0.2) is 18.5 Å². The van der Waals surface area contributed by atoms with Crippen molar-refractivity contribution in [2.45, 2.75) is 26.0 Å². The van der Waals surface area contributed by atoms with E-state index in [1.54, 1.807) is 18.5 Å². The van der Waals surface area contributed by atoms with Crippen LogP contribution < -0.4 is 5.32 Å².